The summed E-state index contributed by atoms with van der Waals surface area (Å²) in [5, 5.41) is 2.12. The van der Waals surface area contributed by atoms with E-state index in [1.807, 2.05) is 43.2 Å². The van der Waals surface area contributed by atoms with Crippen molar-refractivity contribution < 1.29 is 14.3 Å². The fourth-order valence-electron chi connectivity index (χ4n) is 2.73. The van der Waals surface area contributed by atoms with Crippen molar-refractivity contribution >= 4 is 34.3 Å². The SMILES string of the molecule is CC(C)(C)OC(=O)N1CCC(CCCSC(=O)c2cccs2)CC1. The molecule has 1 saturated heterocycles. The molecule has 0 unspecified atom stereocenters. The minimum Gasteiger partial charge on any atom is -0.444 e. The second-order valence-corrected chi connectivity index (χ2v) is 9.18. The number of rotatable bonds is 5. The standard InChI is InChI=1S/C18H27NO3S2/c1-18(2,3)22-17(21)19-10-8-14(9-11-19)6-4-13-24-16(20)15-7-5-12-23-15/h5,7,12,14H,4,6,8-11,13H2,1-3H3. The highest BCUT2D eigenvalue weighted by atomic mass is 32.2. The molecular weight excluding hydrogens is 342 g/mol. The molecule has 0 bridgehead atoms. The minimum absolute atomic E-state index is 0.185. The Morgan fingerprint density at radius 1 is 1.33 bits per heavy atom. The van der Waals surface area contributed by atoms with Crippen molar-refractivity contribution in [3.63, 3.8) is 0 Å². The summed E-state index contributed by atoms with van der Waals surface area (Å²) >= 11 is 2.93. The molecule has 4 nitrogen and oxygen atoms in total. The first-order valence-electron chi connectivity index (χ1n) is 8.54. The van der Waals surface area contributed by atoms with Gasteiger partial charge in [0, 0.05) is 18.8 Å². The van der Waals surface area contributed by atoms with E-state index in [1.54, 1.807) is 0 Å². The maximum atomic E-state index is 12.0. The molecular formula is C18H27NO3S2. The Kier molecular flexibility index (Phi) is 7.16. The van der Waals surface area contributed by atoms with Crippen molar-refractivity contribution in [2.24, 2.45) is 5.92 Å². The summed E-state index contributed by atoms with van der Waals surface area (Å²) in [5.74, 6) is 1.53. The van der Waals surface area contributed by atoms with Crippen LogP contribution in [0.2, 0.25) is 0 Å². The van der Waals surface area contributed by atoms with Crippen molar-refractivity contribution in [2.45, 2.75) is 52.1 Å². The lowest BCUT2D eigenvalue weighted by Gasteiger charge is -2.33. The molecule has 0 saturated carbocycles. The fourth-order valence-corrected chi connectivity index (χ4v) is 4.32. The average molecular weight is 370 g/mol. The van der Waals surface area contributed by atoms with Crippen LogP contribution < -0.4 is 0 Å². The Hall–Kier alpha value is -1.01. The number of hydrogen-bond donors (Lipinski definition) is 0. The van der Waals surface area contributed by atoms with E-state index in [0.717, 1.165) is 49.4 Å². The van der Waals surface area contributed by atoms with E-state index in [0.29, 0.717) is 5.92 Å². The normalized spacial score (nSPS) is 16.2. The summed E-state index contributed by atoms with van der Waals surface area (Å²) in [6, 6.07) is 3.79. The number of carbonyl (C=O) groups excluding carboxylic acids is 2. The number of likely N-dealkylation sites (tertiary alicyclic amines) is 1. The highest BCUT2D eigenvalue weighted by Gasteiger charge is 2.26. The third-order valence-corrected chi connectivity index (χ3v) is 5.95. The molecule has 1 fully saturated rings. The topological polar surface area (TPSA) is 46.6 Å². The van der Waals surface area contributed by atoms with Gasteiger partial charge in [-0.25, -0.2) is 4.79 Å². The van der Waals surface area contributed by atoms with E-state index in [-0.39, 0.29) is 11.2 Å². The molecule has 0 atom stereocenters. The average Bonchev–Trinajstić information content (AvgIpc) is 3.04. The molecule has 1 amide bonds. The smallest absolute Gasteiger partial charge is 0.410 e. The monoisotopic (exact) mass is 369 g/mol. The first-order valence-corrected chi connectivity index (χ1v) is 10.4. The van der Waals surface area contributed by atoms with Gasteiger partial charge in [0.2, 0.25) is 5.12 Å². The molecule has 6 heteroatoms. The minimum atomic E-state index is -0.430. The lowest BCUT2D eigenvalue weighted by molar-refractivity contribution is 0.0181. The van der Waals surface area contributed by atoms with E-state index >= 15 is 0 Å². The van der Waals surface area contributed by atoms with Crippen LogP contribution in [0.4, 0.5) is 4.79 Å². The molecule has 24 heavy (non-hydrogen) atoms. The van der Waals surface area contributed by atoms with Crippen molar-refractivity contribution in [3.05, 3.63) is 22.4 Å². The largest absolute Gasteiger partial charge is 0.444 e. The van der Waals surface area contributed by atoms with Crippen LogP contribution in [0.3, 0.4) is 0 Å². The van der Waals surface area contributed by atoms with E-state index < -0.39 is 5.60 Å². The maximum absolute atomic E-state index is 12.0. The van der Waals surface area contributed by atoms with Gasteiger partial charge in [0.15, 0.2) is 0 Å². The Bertz CT molecular complexity index is 529. The summed E-state index contributed by atoms with van der Waals surface area (Å²) in [7, 11) is 0. The number of piperidine rings is 1. The molecule has 1 aromatic heterocycles. The molecule has 0 aromatic carbocycles. The summed E-state index contributed by atoms with van der Waals surface area (Å²) in [4.78, 5) is 26.6. The molecule has 0 N–H and O–H groups in total. The number of ether oxygens (including phenoxy) is 1. The number of amides is 1. The van der Waals surface area contributed by atoms with Crippen LogP contribution in [0, 0.1) is 5.92 Å². The summed E-state index contributed by atoms with van der Waals surface area (Å²) in [6.07, 6.45) is 4.05. The molecule has 1 aromatic rings. The lowest BCUT2D eigenvalue weighted by Crippen LogP contribution is -2.41. The van der Waals surface area contributed by atoms with Crippen molar-refractivity contribution in [3.8, 4) is 0 Å². The summed E-state index contributed by atoms with van der Waals surface area (Å²) in [5.41, 5.74) is -0.430. The molecule has 1 aliphatic rings. The number of carbonyl (C=O) groups is 2. The Morgan fingerprint density at radius 3 is 2.62 bits per heavy atom. The van der Waals surface area contributed by atoms with Crippen LogP contribution in [0.5, 0.6) is 0 Å². The second kappa shape index (κ2) is 8.90. The molecule has 0 spiro atoms. The van der Waals surface area contributed by atoms with Crippen LogP contribution >= 0.6 is 23.1 Å². The third kappa shape index (κ3) is 6.48. The first-order chi connectivity index (χ1) is 11.3. The predicted octanol–water partition coefficient (Wildman–Crippen LogP) is 5.05. The molecule has 134 valence electrons. The molecule has 2 rings (SSSR count). The van der Waals surface area contributed by atoms with E-state index in [1.165, 1.54) is 23.1 Å². The Morgan fingerprint density at radius 2 is 2.04 bits per heavy atom. The van der Waals surface area contributed by atoms with Gasteiger partial charge < -0.3 is 9.64 Å². The quantitative estimate of drug-likeness (QED) is 0.682. The predicted molar refractivity (Wildman–Crippen MR) is 101 cm³/mol. The summed E-state index contributed by atoms with van der Waals surface area (Å²) < 4.78 is 5.42. The van der Waals surface area contributed by atoms with Gasteiger partial charge >= 0.3 is 6.09 Å². The van der Waals surface area contributed by atoms with Crippen LogP contribution in [-0.4, -0.2) is 40.6 Å². The van der Waals surface area contributed by atoms with Crippen molar-refractivity contribution in [1.82, 2.24) is 4.90 Å². The lowest BCUT2D eigenvalue weighted by atomic mass is 9.93. The van der Waals surface area contributed by atoms with Gasteiger partial charge in [-0.15, -0.1) is 11.3 Å². The highest BCUT2D eigenvalue weighted by molar-refractivity contribution is 8.14. The van der Waals surface area contributed by atoms with Crippen LogP contribution in [0.25, 0.3) is 0 Å². The molecule has 0 aliphatic carbocycles. The van der Waals surface area contributed by atoms with E-state index in [4.69, 9.17) is 4.74 Å². The second-order valence-electron chi connectivity index (χ2n) is 7.17. The Labute approximate surface area is 152 Å². The van der Waals surface area contributed by atoms with E-state index in [2.05, 4.69) is 0 Å². The van der Waals surface area contributed by atoms with Gasteiger partial charge in [-0.2, -0.15) is 0 Å². The van der Waals surface area contributed by atoms with Gasteiger partial charge in [0.05, 0.1) is 4.88 Å². The number of thiophene rings is 1. The zero-order valence-electron chi connectivity index (χ0n) is 14.7. The van der Waals surface area contributed by atoms with Crippen molar-refractivity contribution in [1.29, 1.82) is 0 Å². The Balaban J connectivity index is 1.60. The van der Waals surface area contributed by atoms with Gasteiger partial charge in [-0.3, -0.25) is 4.79 Å². The number of thioether (sulfide) groups is 1. The van der Waals surface area contributed by atoms with E-state index in [9.17, 15) is 9.59 Å². The highest BCUT2D eigenvalue weighted by Crippen LogP contribution is 2.25. The van der Waals surface area contributed by atoms with Gasteiger partial charge in [0.25, 0.3) is 0 Å². The van der Waals surface area contributed by atoms with Gasteiger partial charge in [0.1, 0.15) is 5.60 Å². The first kappa shape index (κ1) is 19.3. The van der Waals surface area contributed by atoms with Gasteiger partial charge in [-0.05, 0) is 63.8 Å². The van der Waals surface area contributed by atoms with Crippen LogP contribution in [0.15, 0.2) is 17.5 Å². The fraction of sp³-hybridized carbons (Fsp3) is 0.667. The zero-order chi connectivity index (χ0) is 17.6. The third-order valence-electron chi connectivity index (χ3n) is 3.98. The van der Waals surface area contributed by atoms with Crippen molar-refractivity contribution in [2.75, 3.05) is 18.8 Å². The molecule has 2 heterocycles. The summed E-state index contributed by atoms with van der Waals surface area (Å²) in [6.45, 7) is 7.24. The number of nitrogens with zero attached hydrogens (tertiary/aromatic N) is 1. The van der Waals surface area contributed by atoms with Gasteiger partial charge in [-0.1, -0.05) is 17.8 Å². The number of hydrogen-bond acceptors (Lipinski definition) is 5. The maximum Gasteiger partial charge on any atom is 0.410 e. The van der Waals surface area contributed by atoms with Crippen LogP contribution in [-0.2, 0) is 4.74 Å². The van der Waals surface area contributed by atoms with Crippen LogP contribution in [0.1, 0.15) is 56.1 Å². The zero-order valence-corrected chi connectivity index (χ0v) is 16.4. The molecule has 0 radical (unpaired) electrons. The molecule has 1 aliphatic heterocycles.